The number of alkyl carbamates (subject to hydrolysis) is 1. The number of amides is 1. The third-order valence-electron chi connectivity index (χ3n) is 5.58. The predicted molar refractivity (Wildman–Crippen MR) is 124 cm³/mol. The molecule has 4 aromatic rings. The number of aryl methyl sites for hydroxylation is 1. The highest BCUT2D eigenvalue weighted by Gasteiger charge is 2.22. The molecule has 1 amide bonds. The molecule has 164 valence electrons. The summed E-state index contributed by atoms with van der Waals surface area (Å²) in [6.07, 6.45) is -0.335. The number of rotatable bonds is 7. The highest BCUT2D eigenvalue weighted by atomic mass is 16.6. The number of esters is 1. The quantitative estimate of drug-likeness (QED) is 0.427. The Labute approximate surface area is 186 Å². The van der Waals surface area contributed by atoms with Gasteiger partial charge >= 0.3 is 12.1 Å². The van der Waals surface area contributed by atoms with Crippen molar-refractivity contribution in [2.75, 3.05) is 7.11 Å². The van der Waals surface area contributed by atoms with Gasteiger partial charge in [0.25, 0.3) is 0 Å². The Kier molecular flexibility index (Phi) is 6.40. The number of hydrogen-bond acceptors (Lipinski definition) is 4. The van der Waals surface area contributed by atoms with Gasteiger partial charge in [0.05, 0.1) is 7.11 Å². The zero-order chi connectivity index (χ0) is 22.5. The molecule has 0 radical (unpaired) electrons. The topological polar surface area (TPSA) is 69.6 Å². The molecule has 0 bridgehead atoms. The number of nitrogens with zero attached hydrogens (tertiary/aromatic N) is 1. The van der Waals surface area contributed by atoms with Crippen molar-refractivity contribution in [1.82, 2.24) is 9.88 Å². The van der Waals surface area contributed by atoms with E-state index in [0.29, 0.717) is 6.42 Å². The lowest BCUT2D eigenvalue weighted by atomic mass is 10.1. The molecule has 1 N–H and O–H groups in total. The van der Waals surface area contributed by atoms with Crippen LogP contribution in [0, 0.1) is 0 Å². The molecule has 0 aliphatic rings. The van der Waals surface area contributed by atoms with Crippen molar-refractivity contribution in [2.45, 2.75) is 32.5 Å². The minimum atomic E-state index is -0.820. The number of nitrogens with one attached hydrogen (secondary N) is 1. The van der Waals surface area contributed by atoms with Gasteiger partial charge in [-0.1, -0.05) is 54.6 Å². The second kappa shape index (κ2) is 9.56. The van der Waals surface area contributed by atoms with Crippen LogP contribution in [0.2, 0.25) is 0 Å². The van der Waals surface area contributed by atoms with Crippen LogP contribution in [0.5, 0.6) is 0 Å². The fraction of sp³-hybridized carbons (Fsp3) is 0.231. The summed E-state index contributed by atoms with van der Waals surface area (Å²) in [6.45, 7) is 3.10. The summed E-state index contributed by atoms with van der Waals surface area (Å²) >= 11 is 0. The number of carbonyl (C=O) groups is 2. The summed E-state index contributed by atoms with van der Waals surface area (Å²) < 4.78 is 12.5. The van der Waals surface area contributed by atoms with Crippen LogP contribution in [0.4, 0.5) is 4.79 Å². The minimum Gasteiger partial charge on any atom is -0.467 e. The molecule has 1 atom stereocenters. The van der Waals surface area contributed by atoms with Crippen molar-refractivity contribution in [1.29, 1.82) is 0 Å². The van der Waals surface area contributed by atoms with Crippen molar-refractivity contribution < 1.29 is 19.1 Å². The molecule has 0 saturated carbocycles. The van der Waals surface area contributed by atoms with Crippen LogP contribution in [-0.4, -0.2) is 29.8 Å². The summed E-state index contributed by atoms with van der Waals surface area (Å²) in [5.74, 6) is -0.514. The van der Waals surface area contributed by atoms with Crippen LogP contribution >= 0.6 is 0 Å². The number of fused-ring (bicyclic) bond motifs is 3. The maximum atomic E-state index is 12.4. The van der Waals surface area contributed by atoms with Crippen molar-refractivity contribution in [3.05, 3.63) is 83.9 Å². The number of para-hydroxylation sites is 1. The van der Waals surface area contributed by atoms with Gasteiger partial charge in [0.1, 0.15) is 12.6 Å². The van der Waals surface area contributed by atoms with Gasteiger partial charge in [-0.2, -0.15) is 0 Å². The molecule has 0 aliphatic carbocycles. The number of benzene rings is 3. The Morgan fingerprint density at radius 2 is 1.62 bits per heavy atom. The Balaban J connectivity index is 1.47. The molecule has 1 unspecified atom stereocenters. The van der Waals surface area contributed by atoms with E-state index in [1.165, 1.54) is 18.0 Å². The summed E-state index contributed by atoms with van der Waals surface area (Å²) in [7, 11) is 1.30. The van der Waals surface area contributed by atoms with Crippen LogP contribution in [0.1, 0.15) is 18.1 Å². The Morgan fingerprint density at radius 3 is 2.38 bits per heavy atom. The minimum absolute atomic E-state index is 0.104. The molecule has 1 aromatic heterocycles. The van der Waals surface area contributed by atoms with Crippen LogP contribution in [0.15, 0.2) is 72.8 Å². The predicted octanol–water partition coefficient (Wildman–Crippen LogP) is 4.82. The summed E-state index contributed by atoms with van der Waals surface area (Å²) in [4.78, 5) is 24.6. The van der Waals surface area contributed by atoms with Crippen LogP contribution in [-0.2, 0) is 33.8 Å². The average Bonchev–Trinajstić information content (AvgIpc) is 3.15. The van der Waals surface area contributed by atoms with Crippen LogP contribution in [0.3, 0.4) is 0 Å². The van der Waals surface area contributed by atoms with Gasteiger partial charge in [-0.15, -0.1) is 0 Å². The number of carbonyl (C=O) groups excluding carboxylic acids is 2. The zero-order valence-electron chi connectivity index (χ0n) is 18.2. The average molecular weight is 431 g/mol. The Morgan fingerprint density at radius 1 is 0.906 bits per heavy atom. The molecule has 0 saturated heterocycles. The summed E-state index contributed by atoms with van der Waals surface area (Å²) in [5, 5.41) is 4.92. The highest BCUT2D eigenvalue weighted by Crippen LogP contribution is 2.29. The molecule has 0 spiro atoms. The third kappa shape index (κ3) is 4.44. The molecular formula is C26H26N2O4. The lowest BCUT2D eigenvalue weighted by molar-refractivity contribution is -0.143. The third-order valence-corrected chi connectivity index (χ3v) is 5.58. The fourth-order valence-corrected chi connectivity index (χ4v) is 4.05. The molecule has 0 fully saturated rings. The first-order valence-corrected chi connectivity index (χ1v) is 10.7. The first kappa shape index (κ1) is 21.4. The van der Waals surface area contributed by atoms with E-state index in [0.717, 1.165) is 28.6 Å². The smallest absolute Gasteiger partial charge is 0.408 e. The number of aromatic nitrogens is 1. The van der Waals surface area contributed by atoms with Gasteiger partial charge in [-0.3, -0.25) is 0 Å². The van der Waals surface area contributed by atoms with E-state index in [1.54, 1.807) is 0 Å². The van der Waals surface area contributed by atoms with E-state index in [9.17, 15) is 9.59 Å². The van der Waals surface area contributed by atoms with E-state index in [1.807, 2.05) is 48.5 Å². The molecule has 6 nitrogen and oxygen atoms in total. The first-order chi connectivity index (χ1) is 15.6. The van der Waals surface area contributed by atoms with E-state index in [-0.39, 0.29) is 6.61 Å². The van der Waals surface area contributed by atoms with Crippen molar-refractivity contribution in [3.63, 3.8) is 0 Å². The summed E-state index contributed by atoms with van der Waals surface area (Å²) in [6, 6.07) is 23.0. The van der Waals surface area contributed by atoms with Gasteiger partial charge in [0.15, 0.2) is 0 Å². The Bertz CT molecular complexity index is 1250. The van der Waals surface area contributed by atoms with Gasteiger partial charge < -0.3 is 19.4 Å². The zero-order valence-corrected chi connectivity index (χ0v) is 18.2. The monoisotopic (exact) mass is 430 g/mol. The number of ether oxygens (including phenoxy) is 2. The van der Waals surface area contributed by atoms with Gasteiger partial charge in [0, 0.05) is 34.8 Å². The molecule has 3 aromatic carbocycles. The highest BCUT2D eigenvalue weighted by molar-refractivity contribution is 6.08. The lowest BCUT2D eigenvalue weighted by Gasteiger charge is -2.16. The van der Waals surface area contributed by atoms with E-state index >= 15 is 0 Å². The molecule has 6 heteroatoms. The number of hydrogen-bond donors (Lipinski definition) is 1. The largest absolute Gasteiger partial charge is 0.467 e. The van der Waals surface area contributed by atoms with E-state index in [2.05, 4.69) is 41.1 Å². The maximum Gasteiger partial charge on any atom is 0.408 e. The maximum absolute atomic E-state index is 12.4. The Hall–Kier alpha value is -3.80. The van der Waals surface area contributed by atoms with Crippen molar-refractivity contribution in [3.8, 4) is 0 Å². The molecular weight excluding hydrogens is 404 g/mol. The molecule has 0 aliphatic heterocycles. The van der Waals surface area contributed by atoms with Crippen LogP contribution < -0.4 is 5.32 Å². The standard InChI is InChI=1S/C26H26N2O4/c1-3-28-23-12-8-7-11-20(23)21-15-19(13-14-24(21)28)17-32-26(30)27-22(25(29)31-2)16-18-9-5-4-6-10-18/h4-15,22H,3,16-17H2,1-2H3,(H,27,30). The normalized spacial score (nSPS) is 11.9. The molecule has 32 heavy (non-hydrogen) atoms. The second-order valence-electron chi connectivity index (χ2n) is 7.60. The van der Waals surface area contributed by atoms with E-state index < -0.39 is 18.1 Å². The molecule has 4 rings (SSSR count). The molecule has 1 heterocycles. The SMILES string of the molecule is CCn1c2ccccc2c2cc(COC(=O)NC(Cc3ccccc3)C(=O)OC)ccc21. The summed E-state index contributed by atoms with van der Waals surface area (Å²) in [5.41, 5.74) is 4.13. The van der Waals surface area contributed by atoms with Crippen LogP contribution in [0.25, 0.3) is 21.8 Å². The van der Waals surface area contributed by atoms with Gasteiger partial charge in [0.2, 0.25) is 0 Å². The lowest BCUT2D eigenvalue weighted by Crippen LogP contribution is -2.43. The number of methoxy groups -OCH3 is 1. The van der Waals surface area contributed by atoms with Gasteiger partial charge in [-0.05, 0) is 36.2 Å². The van der Waals surface area contributed by atoms with E-state index in [4.69, 9.17) is 9.47 Å². The first-order valence-electron chi connectivity index (χ1n) is 10.7. The second-order valence-corrected chi connectivity index (χ2v) is 7.60. The van der Waals surface area contributed by atoms with Crippen molar-refractivity contribution >= 4 is 33.9 Å². The fourth-order valence-electron chi connectivity index (χ4n) is 4.05. The van der Waals surface area contributed by atoms with Gasteiger partial charge in [-0.25, -0.2) is 9.59 Å². The van der Waals surface area contributed by atoms with Crippen molar-refractivity contribution in [2.24, 2.45) is 0 Å².